The summed E-state index contributed by atoms with van der Waals surface area (Å²) in [6.07, 6.45) is 4.74. The third-order valence-electron chi connectivity index (χ3n) is 6.06. The van der Waals surface area contributed by atoms with E-state index < -0.39 is 37.1 Å². The Hall–Kier alpha value is -2.40. The molecule has 1 aromatic heterocycles. The minimum Gasteiger partial charge on any atom is -0.504 e. The molecule has 1 aliphatic carbocycles. The summed E-state index contributed by atoms with van der Waals surface area (Å²) in [5.41, 5.74) is -1.74. The average molecular weight is 510 g/mol. The first kappa shape index (κ1) is 23.7. The third-order valence-corrected chi connectivity index (χ3v) is 9.45. The molecule has 0 spiro atoms. The maximum absolute atomic E-state index is 12.6. The van der Waals surface area contributed by atoms with E-state index in [2.05, 4.69) is 10.6 Å². The highest BCUT2D eigenvalue weighted by molar-refractivity contribution is 7.89. The zero-order valence-corrected chi connectivity index (χ0v) is 20.5. The summed E-state index contributed by atoms with van der Waals surface area (Å²) in [4.78, 5) is 25.6. The van der Waals surface area contributed by atoms with Crippen molar-refractivity contribution in [3.05, 3.63) is 60.0 Å². The Kier molecular flexibility index (Phi) is 6.30. The number of phenolic OH excluding ortho intramolecular Hbond substituents is 1. The summed E-state index contributed by atoms with van der Waals surface area (Å²) in [5.74, 6) is -0.624. The van der Waals surface area contributed by atoms with Crippen LogP contribution in [0.15, 0.2) is 44.1 Å². The van der Waals surface area contributed by atoms with Crippen LogP contribution in [0.3, 0.4) is 0 Å². The van der Waals surface area contributed by atoms with Crippen LogP contribution in [-0.2, 0) is 15.6 Å². The van der Waals surface area contributed by atoms with E-state index >= 15 is 0 Å². The van der Waals surface area contributed by atoms with Gasteiger partial charge < -0.3 is 15.7 Å². The van der Waals surface area contributed by atoms with Crippen molar-refractivity contribution in [2.75, 3.05) is 24.7 Å². The molecular formula is C22H24ClN3O5S2. The molecule has 8 nitrogen and oxygen atoms in total. The second-order valence-electron chi connectivity index (χ2n) is 8.34. The van der Waals surface area contributed by atoms with Crippen molar-refractivity contribution in [1.29, 1.82) is 0 Å². The van der Waals surface area contributed by atoms with E-state index in [0.717, 1.165) is 41.3 Å². The number of phenols is 1. The molecule has 0 atom stereocenters. The number of hydrogen-bond acceptors (Lipinski definition) is 8. The van der Waals surface area contributed by atoms with Gasteiger partial charge in [-0.3, -0.25) is 9.59 Å². The number of anilines is 3. The van der Waals surface area contributed by atoms with E-state index in [-0.39, 0.29) is 22.1 Å². The number of thiophene rings is 1. The normalized spacial score (nSPS) is 16.2. The Morgan fingerprint density at radius 2 is 1.73 bits per heavy atom. The lowest BCUT2D eigenvalue weighted by atomic mass is 9.80. The SMILES string of the molecule is CN(C)S(=O)(=O)c1c(Cl)ccc(Nc2c(NC3(c4cccs4)CCCCC3)c(=O)c2=O)c1O. The fourth-order valence-corrected chi connectivity index (χ4v) is 6.64. The van der Waals surface area contributed by atoms with Crippen molar-refractivity contribution in [2.45, 2.75) is 42.5 Å². The van der Waals surface area contributed by atoms with Gasteiger partial charge in [-0.1, -0.05) is 36.9 Å². The van der Waals surface area contributed by atoms with Crippen molar-refractivity contribution in [3.63, 3.8) is 0 Å². The maximum Gasteiger partial charge on any atom is 0.253 e. The highest BCUT2D eigenvalue weighted by Gasteiger charge is 2.38. The van der Waals surface area contributed by atoms with Crippen LogP contribution in [0.4, 0.5) is 17.1 Å². The molecule has 176 valence electrons. The monoisotopic (exact) mass is 509 g/mol. The van der Waals surface area contributed by atoms with Gasteiger partial charge in [0.1, 0.15) is 16.3 Å². The molecule has 11 heteroatoms. The first-order valence-electron chi connectivity index (χ1n) is 10.4. The third kappa shape index (κ3) is 4.05. The van der Waals surface area contributed by atoms with Gasteiger partial charge in [0.05, 0.1) is 16.2 Å². The lowest BCUT2D eigenvalue weighted by molar-refractivity contribution is 0.335. The molecule has 4 rings (SSSR count). The number of aromatic hydroxyl groups is 1. The summed E-state index contributed by atoms with van der Waals surface area (Å²) < 4.78 is 26.2. The van der Waals surface area contributed by atoms with Gasteiger partial charge in [-0.2, -0.15) is 0 Å². The van der Waals surface area contributed by atoms with E-state index in [1.807, 2.05) is 17.5 Å². The van der Waals surface area contributed by atoms with Crippen molar-refractivity contribution in [2.24, 2.45) is 0 Å². The molecule has 0 unspecified atom stereocenters. The van der Waals surface area contributed by atoms with Crippen LogP contribution in [0.5, 0.6) is 5.75 Å². The molecule has 1 fully saturated rings. The summed E-state index contributed by atoms with van der Waals surface area (Å²) in [6.45, 7) is 0. The molecule has 0 bridgehead atoms. The van der Waals surface area contributed by atoms with Gasteiger partial charge in [0.15, 0.2) is 5.75 Å². The van der Waals surface area contributed by atoms with E-state index in [0.29, 0.717) is 0 Å². The van der Waals surface area contributed by atoms with Crippen LogP contribution in [0.25, 0.3) is 0 Å². The van der Waals surface area contributed by atoms with Gasteiger partial charge in [-0.05, 0) is 36.4 Å². The van der Waals surface area contributed by atoms with Crippen LogP contribution in [0, 0.1) is 0 Å². The highest BCUT2D eigenvalue weighted by Crippen LogP contribution is 2.44. The summed E-state index contributed by atoms with van der Waals surface area (Å²) >= 11 is 7.66. The molecule has 3 N–H and O–H groups in total. The fraction of sp³-hybridized carbons (Fsp3) is 0.364. The molecule has 1 saturated carbocycles. The summed E-state index contributed by atoms with van der Waals surface area (Å²) in [6, 6.07) is 6.65. The van der Waals surface area contributed by atoms with Crippen molar-refractivity contribution in [1.82, 2.24) is 4.31 Å². The first-order valence-corrected chi connectivity index (χ1v) is 13.1. The molecule has 1 aliphatic rings. The average Bonchev–Trinajstić information content (AvgIpc) is 3.33. The van der Waals surface area contributed by atoms with E-state index in [1.54, 1.807) is 11.3 Å². The quantitative estimate of drug-likeness (QED) is 0.326. The molecule has 0 saturated heterocycles. The van der Waals surface area contributed by atoms with Gasteiger partial charge in [-0.25, -0.2) is 12.7 Å². The van der Waals surface area contributed by atoms with Crippen LogP contribution in [0.2, 0.25) is 5.02 Å². The van der Waals surface area contributed by atoms with Gasteiger partial charge in [0.25, 0.3) is 10.9 Å². The molecule has 0 aliphatic heterocycles. The van der Waals surface area contributed by atoms with E-state index in [9.17, 15) is 23.1 Å². The van der Waals surface area contributed by atoms with Gasteiger partial charge in [0, 0.05) is 19.0 Å². The Morgan fingerprint density at radius 1 is 1.06 bits per heavy atom. The molecule has 0 radical (unpaired) electrons. The van der Waals surface area contributed by atoms with Gasteiger partial charge in [-0.15, -0.1) is 11.3 Å². The smallest absolute Gasteiger partial charge is 0.253 e. The topological polar surface area (TPSA) is 116 Å². The predicted octanol–water partition coefficient (Wildman–Crippen LogP) is 3.97. The number of sulfonamides is 1. The highest BCUT2D eigenvalue weighted by atomic mass is 35.5. The lowest BCUT2D eigenvalue weighted by Gasteiger charge is -2.39. The summed E-state index contributed by atoms with van der Waals surface area (Å²) in [5, 5.41) is 18.6. The maximum atomic E-state index is 12.6. The lowest BCUT2D eigenvalue weighted by Crippen LogP contribution is -2.44. The Morgan fingerprint density at radius 3 is 2.33 bits per heavy atom. The second kappa shape index (κ2) is 8.75. The molecule has 33 heavy (non-hydrogen) atoms. The van der Waals surface area contributed by atoms with Crippen molar-refractivity contribution in [3.8, 4) is 5.75 Å². The largest absolute Gasteiger partial charge is 0.504 e. The van der Waals surface area contributed by atoms with Crippen molar-refractivity contribution < 1.29 is 13.5 Å². The van der Waals surface area contributed by atoms with Crippen LogP contribution >= 0.6 is 22.9 Å². The Balaban J connectivity index is 1.72. The molecule has 3 aromatic rings. The van der Waals surface area contributed by atoms with Crippen molar-refractivity contribution >= 4 is 50.0 Å². The first-order chi connectivity index (χ1) is 15.6. The molecule has 0 amide bonds. The minimum absolute atomic E-state index is 0.00710. The van der Waals surface area contributed by atoms with Crippen LogP contribution in [-0.4, -0.2) is 31.9 Å². The molecule has 1 heterocycles. The fourth-order valence-electron chi connectivity index (χ4n) is 4.22. The number of nitrogens with one attached hydrogen (secondary N) is 2. The zero-order valence-electron chi connectivity index (χ0n) is 18.1. The summed E-state index contributed by atoms with van der Waals surface area (Å²) in [7, 11) is -1.42. The van der Waals surface area contributed by atoms with E-state index in [4.69, 9.17) is 11.6 Å². The number of hydrogen-bond donors (Lipinski definition) is 3. The minimum atomic E-state index is -4.06. The van der Waals surface area contributed by atoms with Crippen LogP contribution < -0.4 is 21.5 Å². The van der Waals surface area contributed by atoms with E-state index in [1.165, 1.54) is 26.2 Å². The van der Waals surface area contributed by atoms with Gasteiger partial charge >= 0.3 is 0 Å². The van der Waals surface area contributed by atoms with Crippen LogP contribution in [0.1, 0.15) is 37.0 Å². The number of nitrogens with zero attached hydrogens (tertiary/aromatic N) is 1. The molecule has 2 aromatic carbocycles. The predicted molar refractivity (Wildman–Crippen MR) is 131 cm³/mol. The number of rotatable bonds is 7. The Bertz CT molecular complexity index is 1350. The van der Waals surface area contributed by atoms with Gasteiger partial charge in [0.2, 0.25) is 10.0 Å². The zero-order chi connectivity index (χ0) is 24.0. The number of benzene rings is 1. The standard InChI is InChI=1S/C22H24ClN3O5S2/c1-26(2)33(30,31)21-13(23)8-9-14(18(21)27)24-16-17(20(29)19(16)28)25-22(10-4-3-5-11-22)15-7-6-12-32-15/h6-9,12,24-25,27H,3-5,10-11H2,1-2H3. The molecular weight excluding hydrogens is 486 g/mol. The second-order valence-corrected chi connectivity index (χ2v) is 11.8. The Labute approximate surface area is 200 Å². The number of halogens is 1.